The van der Waals surface area contributed by atoms with E-state index in [-0.39, 0.29) is 11.0 Å². The number of ether oxygens (including phenoxy) is 1. The number of hydrogen-bond acceptors (Lipinski definition) is 3. The highest BCUT2D eigenvalue weighted by molar-refractivity contribution is 5.87. The minimum Gasteiger partial charge on any atom is -0.493 e. The summed E-state index contributed by atoms with van der Waals surface area (Å²) in [5.74, 6) is 0.126. The van der Waals surface area contributed by atoms with Gasteiger partial charge in [0.25, 0.3) is 0 Å². The standard InChI is InChI=1S/C27H37NO3/c1-5-7-8-9-22(19-31-23-13-10-20(11-14-23)26(29)30)21-12-15-24-25(18-21)28(6-2)17-16-27(24,3)4/h10-15,18,22H,5-9,16-17,19H2,1-4H3,(H,29,30). The largest absolute Gasteiger partial charge is 0.493 e. The highest BCUT2D eigenvalue weighted by Gasteiger charge is 2.31. The third-order valence-corrected chi connectivity index (χ3v) is 6.66. The van der Waals surface area contributed by atoms with Crippen LogP contribution in [-0.4, -0.2) is 30.8 Å². The Kier molecular flexibility index (Phi) is 7.64. The third kappa shape index (κ3) is 5.61. The third-order valence-electron chi connectivity index (χ3n) is 6.66. The van der Waals surface area contributed by atoms with Gasteiger partial charge in [0.2, 0.25) is 0 Å². The number of unbranched alkanes of at least 4 members (excludes halogenated alkanes) is 2. The summed E-state index contributed by atoms with van der Waals surface area (Å²) in [5.41, 5.74) is 4.65. The first kappa shape index (κ1) is 23.2. The van der Waals surface area contributed by atoms with E-state index in [0.717, 1.165) is 25.3 Å². The summed E-state index contributed by atoms with van der Waals surface area (Å²) in [7, 11) is 0. The van der Waals surface area contributed by atoms with Gasteiger partial charge in [-0.25, -0.2) is 4.79 Å². The summed E-state index contributed by atoms with van der Waals surface area (Å²) in [4.78, 5) is 13.6. The van der Waals surface area contributed by atoms with Crippen molar-refractivity contribution in [3.8, 4) is 5.75 Å². The summed E-state index contributed by atoms with van der Waals surface area (Å²) in [6.07, 6.45) is 5.88. The molecule has 1 unspecified atom stereocenters. The van der Waals surface area contributed by atoms with Crippen LogP contribution in [0.2, 0.25) is 0 Å². The number of benzene rings is 2. The van der Waals surface area contributed by atoms with Crippen LogP contribution in [0.15, 0.2) is 42.5 Å². The predicted molar refractivity (Wildman–Crippen MR) is 128 cm³/mol. The molecule has 0 aromatic heterocycles. The van der Waals surface area contributed by atoms with Gasteiger partial charge >= 0.3 is 5.97 Å². The zero-order valence-electron chi connectivity index (χ0n) is 19.5. The maximum Gasteiger partial charge on any atom is 0.335 e. The van der Waals surface area contributed by atoms with Gasteiger partial charge in [-0.2, -0.15) is 0 Å². The first-order valence-corrected chi connectivity index (χ1v) is 11.7. The van der Waals surface area contributed by atoms with Crippen LogP contribution in [0.4, 0.5) is 5.69 Å². The summed E-state index contributed by atoms with van der Waals surface area (Å²) >= 11 is 0. The molecule has 1 heterocycles. The molecule has 1 atom stereocenters. The molecule has 1 aliphatic rings. The first-order chi connectivity index (χ1) is 14.9. The second-order valence-electron chi connectivity index (χ2n) is 9.32. The predicted octanol–water partition coefficient (Wildman–Crippen LogP) is 6.64. The van der Waals surface area contributed by atoms with Crippen molar-refractivity contribution in [2.75, 3.05) is 24.6 Å². The molecular weight excluding hydrogens is 386 g/mol. The zero-order valence-corrected chi connectivity index (χ0v) is 19.5. The molecular formula is C27H37NO3. The normalized spacial score (nSPS) is 15.9. The first-order valence-electron chi connectivity index (χ1n) is 11.7. The van der Waals surface area contributed by atoms with Crippen LogP contribution in [0.5, 0.6) is 5.75 Å². The lowest BCUT2D eigenvalue weighted by Gasteiger charge is -2.40. The fraction of sp³-hybridized carbons (Fsp3) is 0.519. The van der Waals surface area contributed by atoms with Gasteiger partial charge in [0, 0.05) is 24.7 Å². The smallest absolute Gasteiger partial charge is 0.335 e. The maximum absolute atomic E-state index is 11.1. The van der Waals surface area contributed by atoms with Gasteiger partial charge in [0.15, 0.2) is 0 Å². The number of carboxylic acid groups (broad SMARTS) is 1. The molecule has 0 amide bonds. The summed E-state index contributed by atoms with van der Waals surface area (Å²) in [5, 5.41) is 9.09. The molecule has 2 aromatic rings. The van der Waals surface area contributed by atoms with E-state index < -0.39 is 5.97 Å². The van der Waals surface area contributed by atoms with Gasteiger partial charge in [-0.15, -0.1) is 0 Å². The Hall–Kier alpha value is -2.49. The van der Waals surface area contributed by atoms with Crippen LogP contribution < -0.4 is 9.64 Å². The molecule has 0 saturated carbocycles. The number of fused-ring (bicyclic) bond motifs is 1. The second-order valence-corrected chi connectivity index (χ2v) is 9.32. The Morgan fingerprint density at radius 2 is 1.87 bits per heavy atom. The molecule has 1 N–H and O–H groups in total. The Morgan fingerprint density at radius 1 is 1.13 bits per heavy atom. The molecule has 0 fully saturated rings. The molecule has 0 aliphatic carbocycles. The number of hydrogen-bond donors (Lipinski definition) is 1. The van der Waals surface area contributed by atoms with Crippen molar-refractivity contribution in [3.05, 3.63) is 59.2 Å². The summed E-state index contributed by atoms with van der Waals surface area (Å²) in [6, 6.07) is 13.7. The number of carboxylic acids is 1. The maximum atomic E-state index is 11.1. The van der Waals surface area contributed by atoms with E-state index in [1.807, 2.05) is 0 Å². The fourth-order valence-corrected chi connectivity index (χ4v) is 4.51. The van der Waals surface area contributed by atoms with Crippen molar-refractivity contribution in [2.45, 2.75) is 71.1 Å². The number of rotatable bonds is 10. The topological polar surface area (TPSA) is 49.8 Å². The Bertz CT molecular complexity index is 873. The number of anilines is 1. The highest BCUT2D eigenvalue weighted by Crippen LogP contribution is 2.41. The zero-order chi connectivity index (χ0) is 22.4. The van der Waals surface area contributed by atoms with Crippen LogP contribution in [0.3, 0.4) is 0 Å². The average molecular weight is 424 g/mol. The molecule has 0 radical (unpaired) electrons. The Labute approximate surface area is 187 Å². The molecule has 3 rings (SSSR count). The minimum absolute atomic E-state index is 0.208. The van der Waals surface area contributed by atoms with Gasteiger partial charge in [0.05, 0.1) is 12.2 Å². The van der Waals surface area contributed by atoms with E-state index in [4.69, 9.17) is 9.84 Å². The molecule has 31 heavy (non-hydrogen) atoms. The summed E-state index contributed by atoms with van der Waals surface area (Å²) < 4.78 is 6.12. The lowest BCUT2D eigenvalue weighted by molar-refractivity contribution is 0.0697. The van der Waals surface area contributed by atoms with Gasteiger partial charge in [-0.3, -0.25) is 0 Å². The molecule has 1 aliphatic heterocycles. The average Bonchev–Trinajstić information content (AvgIpc) is 2.76. The lowest BCUT2D eigenvalue weighted by Crippen LogP contribution is -2.37. The van der Waals surface area contributed by atoms with E-state index in [2.05, 4.69) is 50.8 Å². The molecule has 4 heteroatoms. The minimum atomic E-state index is -0.915. The van der Waals surface area contributed by atoms with Crippen LogP contribution in [-0.2, 0) is 5.41 Å². The van der Waals surface area contributed by atoms with Crippen molar-refractivity contribution < 1.29 is 14.6 Å². The Morgan fingerprint density at radius 3 is 2.52 bits per heavy atom. The Balaban J connectivity index is 1.81. The highest BCUT2D eigenvalue weighted by atomic mass is 16.5. The second kappa shape index (κ2) is 10.2. The van der Waals surface area contributed by atoms with Gasteiger partial charge in [-0.05, 0) is 66.6 Å². The fourth-order valence-electron chi connectivity index (χ4n) is 4.51. The summed E-state index contributed by atoms with van der Waals surface area (Å²) in [6.45, 7) is 11.9. The van der Waals surface area contributed by atoms with Crippen molar-refractivity contribution in [2.24, 2.45) is 0 Å². The van der Waals surface area contributed by atoms with Gasteiger partial charge in [0.1, 0.15) is 5.75 Å². The number of aromatic carboxylic acids is 1. The van der Waals surface area contributed by atoms with E-state index in [1.165, 1.54) is 42.5 Å². The number of carbonyl (C=O) groups is 1. The molecule has 2 aromatic carbocycles. The monoisotopic (exact) mass is 423 g/mol. The van der Waals surface area contributed by atoms with Crippen LogP contribution in [0, 0.1) is 0 Å². The van der Waals surface area contributed by atoms with Crippen molar-refractivity contribution in [1.29, 1.82) is 0 Å². The van der Waals surface area contributed by atoms with Crippen LogP contribution >= 0.6 is 0 Å². The van der Waals surface area contributed by atoms with Crippen molar-refractivity contribution in [1.82, 2.24) is 0 Å². The van der Waals surface area contributed by atoms with Crippen molar-refractivity contribution >= 4 is 11.7 Å². The van der Waals surface area contributed by atoms with E-state index >= 15 is 0 Å². The van der Waals surface area contributed by atoms with Gasteiger partial charge < -0.3 is 14.7 Å². The van der Waals surface area contributed by atoms with Crippen LogP contribution in [0.25, 0.3) is 0 Å². The molecule has 0 spiro atoms. The van der Waals surface area contributed by atoms with Crippen molar-refractivity contribution in [3.63, 3.8) is 0 Å². The quantitative estimate of drug-likeness (QED) is 0.435. The lowest BCUT2D eigenvalue weighted by atomic mass is 9.76. The SMILES string of the molecule is CCCCCC(COc1ccc(C(=O)O)cc1)c1ccc2c(c1)N(CC)CCC2(C)C. The molecule has 0 saturated heterocycles. The molecule has 0 bridgehead atoms. The number of nitrogens with zero attached hydrogens (tertiary/aromatic N) is 1. The van der Waals surface area contributed by atoms with E-state index in [1.54, 1.807) is 24.3 Å². The molecule has 4 nitrogen and oxygen atoms in total. The van der Waals surface area contributed by atoms with Gasteiger partial charge in [-0.1, -0.05) is 52.2 Å². The van der Waals surface area contributed by atoms with E-state index in [0.29, 0.717) is 12.5 Å². The van der Waals surface area contributed by atoms with E-state index in [9.17, 15) is 4.79 Å². The van der Waals surface area contributed by atoms with Crippen LogP contribution in [0.1, 0.15) is 87.2 Å². The molecule has 168 valence electrons.